The fourth-order valence-electron chi connectivity index (χ4n) is 2.14. The monoisotopic (exact) mass is 309 g/mol. The number of ether oxygens (including phenoxy) is 1. The van der Waals surface area contributed by atoms with Crippen molar-refractivity contribution >= 4 is 11.8 Å². The largest absolute Gasteiger partial charge is 0.507 e. The van der Waals surface area contributed by atoms with Crippen molar-refractivity contribution in [3.63, 3.8) is 0 Å². The fourth-order valence-corrected chi connectivity index (χ4v) is 2.14. The van der Waals surface area contributed by atoms with E-state index in [9.17, 15) is 14.7 Å². The SMILES string of the molecule is COc1ccc(C(=O)CCCCCCC(N)C(=O)O)c(O)c1. The van der Waals surface area contributed by atoms with E-state index in [4.69, 9.17) is 15.6 Å². The second kappa shape index (κ2) is 9.04. The molecule has 1 aromatic rings. The van der Waals surface area contributed by atoms with Crippen molar-refractivity contribution < 1.29 is 24.5 Å². The second-order valence-corrected chi connectivity index (χ2v) is 5.20. The normalized spacial score (nSPS) is 11.9. The molecule has 0 aliphatic carbocycles. The van der Waals surface area contributed by atoms with Crippen molar-refractivity contribution in [1.29, 1.82) is 0 Å². The molecule has 22 heavy (non-hydrogen) atoms. The number of carbonyl (C=O) groups is 2. The highest BCUT2D eigenvalue weighted by atomic mass is 16.5. The van der Waals surface area contributed by atoms with Crippen LogP contribution in [0.3, 0.4) is 0 Å². The molecule has 0 fully saturated rings. The lowest BCUT2D eigenvalue weighted by molar-refractivity contribution is -0.138. The van der Waals surface area contributed by atoms with Crippen molar-refractivity contribution in [2.75, 3.05) is 7.11 Å². The van der Waals surface area contributed by atoms with Gasteiger partial charge in [0.05, 0.1) is 12.7 Å². The summed E-state index contributed by atoms with van der Waals surface area (Å²) in [5.41, 5.74) is 5.70. The van der Waals surface area contributed by atoms with Crippen LogP contribution in [0.5, 0.6) is 11.5 Å². The first-order valence-electron chi connectivity index (χ1n) is 7.34. The molecular formula is C16H23NO5. The number of carbonyl (C=O) groups excluding carboxylic acids is 1. The first kappa shape index (κ1) is 18.0. The minimum Gasteiger partial charge on any atom is -0.507 e. The number of unbranched alkanes of at least 4 members (excludes halogenated alkanes) is 3. The molecule has 0 radical (unpaired) electrons. The zero-order valence-electron chi connectivity index (χ0n) is 12.7. The van der Waals surface area contributed by atoms with Gasteiger partial charge in [0.25, 0.3) is 0 Å². The van der Waals surface area contributed by atoms with Crippen LogP contribution in [0.15, 0.2) is 18.2 Å². The summed E-state index contributed by atoms with van der Waals surface area (Å²) in [6.07, 6.45) is 3.90. The lowest BCUT2D eigenvalue weighted by Crippen LogP contribution is -2.29. The Morgan fingerprint density at radius 3 is 2.50 bits per heavy atom. The van der Waals surface area contributed by atoms with Gasteiger partial charge in [0.15, 0.2) is 5.78 Å². The average Bonchev–Trinajstić information content (AvgIpc) is 2.49. The maximum absolute atomic E-state index is 12.0. The van der Waals surface area contributed by atoms with E-state index in [2.05, 4.69) is 0 Å². The van der Waals surface area contributed by atoms with Crippen molar-refractivity contribution in [1.82, 2.24) is 0 Å². The fraction of sp³-hybridized carbons (Fsp3) is 0.500. The van der Waals surface area contributed by atoms with Crippen LogP contribution in [0.25, 0.3) is 0 Å². The number of phenols is 1. The topological polar surface area (TPSA) is 110 Å². The Balaban J connectivity index is 2.28. The number of Topliss-reactive ketones (excluding diaryl/α,β-unsaturated/α-hetero) is 1. The van der Waals surface area contributed by atoms with Crippen molar-refractivity contribution in [3.8, 4) is 11.5 Å². The molecule has 0 saturated carbocycles. The van der Waals surface area contributed by atoms with Gasteiger partial charge in [-0.3, -0.25) is 9.59 Å². The van der Waals surface area contributed by atoms with Crippen molar-refractivity contribution in [2.45, 2.75) is 44.6 Å². The van der Waals surface area contributed by atoms with E-state index >= 15 is 0 Å². The number of aromatic hydroxyl groups is 1. The molecule has 6 nitrogen and oxygen atoms in total. The average molecular weight is 309 g/mol. The molecule has 0 amide bonds. The van der Waals surface area contributed by atoms with Gasteiger partial charge in [-0.25, -0.2) is 0 Å². The van der Waals surface area contributed by atoms with Gasteiger partial charge < -0.3 is 20.7 Å². The van der Waals surface area contributed by atoms with Crippen LogP contribution in [0.2, 0.25) is 0 Å². The number of rotatable bonds is 10. The predicted molar refractivity (Wildman–Crippen MR) is 82.3 cm³/mol. The van der Waals surface area contributed by atoms with Crippen LogP contribution in [0, 0.1) is 0 Å². The number of nitrogens with two attached hydrogens (primary N) is 1. The first-order chi connectivity index (χ1) is 10.5. The second-order valence-electron chi connectivity index (χ2n) is 5.20. The number of carboxylic acid groups (broad SMARTS) is 1. The van der Waals surface area contributed by atoms with Crippen LogP contribution < -0.4 is 10.5 Å². The number of ketones is 1. The Hall–Kier alpha value is -2.08. The minimum atomic E-state index is -0.981. The first-order valence-corrected chi connectivity index (χ1v) is 7.34. The summed E-state index contributed by atoms with van der Waals surface area (Å²) < 4.78 is 4.97. The molecule has 1 unspecified atom stereocenters. The lowest BCUT2D eigenvalue weighted by Gasteiger charge is -2.07. The number of hydrogen-bond donors (Lipinski definition) is 3. The van der Waals surface area contributed by atoms with Crippen LogP contribution >= 0.6 is 0 Å². The Morgan fingerprint density at radius 2 is 1.91 bits per heavy atom. The zero-order chi connectivity index (χ0) is 16.5. The van der Waals surface area contributed by atoms with E-state index in [0.29, 0.717) is 30.6 Å². The Bertz CT molecular complexity index is 515. The van der Waals surface area contributed by atoms with E-state index in [-0.39, 0.29) is 11.5 Å². The highest BCUT2D eigenvalue weighted by molar-refractivity contribution is 5.98. The molecule has 1 rings (SSSR count). The molecular weight excluding hydrogens is 286 g/mol. The summed E-state index contributed by atoms with van der Waals surface area (Å²) >= 11 is 0. The molecule has 4 N–H and O–H groups in total. The molecule has 122 valence electrons. The number of aliphatic carboxylic acids is 1. The number of carboxylic acids is 1. The van der Waals surface area contributed by atoms with E-state index < -0.39 is 12.0 Å². The Labute approximate surface area is 129 Å². The van der Waals surface area contributed by atoms with Crippen LogP contribution in [0.1, 0.15) is 48.9 Å². The van der Waals surface area contributed by atoms with Crippen LogP contribution in [-0.2, 0) is 4.79 Å². The third-order valence-corrected chi connectivity index (χ3v) is 3.49. The van der Waals surface area contributed by atoms with Gasteiger partial charge in [-0.2, -0.15) is 0 Å². The standard InChI is InChI=1S/C16H23NO5/c1-22-11-8-9-12(15(19)10-11)14(18)7-5-3-2-4-6-13(17)16(20)21/h8-10,13,19H,2-7,17H2,1H3,(H,20,21). The summed E-state index contributed by atoms with van der Waals surface area (Å²) in [6, 6.07) is 3.81. The van der Waals surface area contributed by atoms with E-state index in [1.54, 1.807) is 12.1 Å². The number of hydrogen-bond acceptors (Lipinski definition) is 5. The van der Waals surface area contributed by atoms with Gasteiger partial charge in [-0.15, -0.1) is 0 Å². The van der Waals surface area contributed by atoms with E-state index in [1.165, 1.54) is 13.2 Å². The van der Waals surface area contributed by atoms with Crippen molar-refractivity contribution in [3.05, 3.63) is 23.8 Å². The molecule has 0 aromatic heterocycles. The van der Waals surface area contributed by atoms with Crippen LogP contribution in [0.4, 0.5) is 0 Å². The highest BCUT2D eigenvalue weighted by Crippen LogP contribution is 2.25. The highest BCUT2D eigenvalue weighted by Gasteiger charge is 2.12. The molecule has 1 atom stereocenters. The van der Waals surface area contributed by atoms with E-state index in [1.807, 2.05) is 0 Å². The summed E-state index contributed by atoms with van der Waals surface area (Å²) in [5, 5.41) is 18.4. The summed E-state index contributed by atoms with van der Waals surface area (Å²) in [5.74, 6) is -0.659. The predicted octanol–water partition coefficient (Wildman–Crippen LogP) is 2.34. The Morgan fingerprint density at radius 1 is 1.23 bits per heavy atom. The van der Waals surface area contributed by atoms with Gasteiger partial charge in [0.2, 0.25) is 0 Å². The quantitative estimate of drug-likeness (QED) is 0.452. The van der Waals surface area contributed by atoms with Crippen LogP contribution in [-0.4, -0.2) is 35.1 Å². The third kappa shape index (κ3) is 5.73. The smallest absolute Gasteiger partial charge is 0.320 e. The molecule has 0 bridgehead atoms. The van der Waals surface area contributed by atoms with Gasteiger partial charge in [-0.1, -0.05) is 19.3 Å². The molecule has 0 spiro atoms. The number of methoxy groups -OCH3 is 1. The molecule has 0 heterocycles. The molecule has 0 saturated heterocycles. The van der Waals surface area contributed by atoms with Gasteiger partial charge in [0, 0.05) is 12.5 Å². The summed E-state index contributed by atoms with van der Waals surface area (Å²) in [6.45, 7) is 0. The maximum Gasteiger partial charge on any atom is 0.320 e. The van der Waals surface area contributed by atoms with E-state index in [0.717, 1.165) is 19.3 Å². The molecule has 1 aromatic carbocycles. The zero-order valence-corrected chi connectivity index (χ0v) is 12.7. The molecule has 0 aliphatic heterocycles. The lowest BCUT2D eigenvalue weighted by atomic mass is 10.0. The number of phenolic OH excluding ortho intramolecular Hbond substituents is 1. The van der Waals surface area contributed by atoms with Gasteiger partial charge >= 0.3 is 5.97 Å². The minimum absolute atomic E-state index is 0.0724. The van der Waals surface area contributed by atoms with Crippen molar-refractivity contribution in [2.24, 2.45) is 5.73 Å². The summed E-state index contributed by atoms with van der Waals surface area (Å²) in [7, 11) is 1.49. The van der Waals surface area contributed by atoms with Gasteiger partial charge in [-0.05, 0) is 25.0 Å². The molecule has 0 aliphatic rings. The maximum atomic E-state index is 12.0. The summed E-state index contributed by atoms with van der Waals surface area (Å²) in [4.78, 5) is 22.5. The third-order valence-electron chi connectivity index (χ3n) is 3.49. The molecule has 6 heteroatoms. The Kier molecular flexibility index (Phi) is 7.39. The number of benzene rings is 1. The van der Waals surface area contributed by atoms with Gasteiger partial charge in [0.1, 0.15) is 17.5 Å².